The minimum atomic E-state index is 0.0956. The third-order valence-electron chi connectivity index (χ3n) is 5.34. The van der Waals surface area contributed by atoms with Crippen molar-refractivity contribution < 1.29 is 14.2 Å². The molecule has 0 aromatic heterocycles. The van der Waals surface area contributed by atoms with E-state index in [1.807, 2.05) is 0 Å². The molecule has 21 heavy (non-hydrogen) atoms. The highest BCUT2D eigenvalue weighted by atomic mass is 16.5. The summed E-state index contributed by atoms with van der Waals surface area (Å²) in [5.41, 5.74) is 0.0956. The van der Waals surface area contributed by atoms with Gasteiger partial charge in [0.2, 0.25) is 0 Å². The molecule has 0 aromatic carbocycles. The van der Waals surface area contributed by atoms with Crippen molar-refractivity contribution in [2.75, 3.05) is 33.0 Å². The van der Waals surface area contributed by atoms with Gasteiger partial charge >= 0.3 is 0 Å². The van der Waals surface area contributed by atoms with Gasteiger partial charge in [-0.25, -0.2) is 0 Å². The van der Waals surface area contributed by atoms with Crippen LogP contribution in [0.2, 0.25) is 0 Å². The Bertz CT molecular complexity index is 293. The zero-order chi connectivity index (χ0) is 14.4. The average Bonchev–Trinajstić information content (AvgIpc) is 2.54. The van der Waals surface area contributed by atoms with Gasteiger partial charge in [0.1, 0.15) is 0 Å². The van der Waals surface area contributed by atoms with Crippen LogP contribution in [-0.2, 0) is 14.2 Å². The van der Waals surface area contributed by atoms with Gasteiger partial charge < -0.3 is 19.5 Å². The summed E-state index contributed by atoms with van der Waals surface area (Å²) in [6.45, 7) is 4.45. The van der Waals surface area contributed by atoms with Crippen LogP contribution in [0.5, 0.6) is 0 Å². The molecule has 1 N–H and O–H groups in total. The van der Waals surface area contributed by atoms with E-state index >= 15 is 0 Å². The van der Waals surface area contributed by atoms with Gasteiger partial charge in [-0.15, -0.1) is 0 Å². The Morgan fingerprint density at radius 1 is 1.00 bits per heavy atom. The smallest absolute Gasteiger partial charge is 0.0741 e. The van der Waals surface area contributed by atoms with Gasteiger partial charge in [0.15, 0.2) is 0 Å². The minimum Gasteiger partial charge on any atom is -0.381 e. The summed E-state index contributed by atoms with van der Waals surface area (Å²) in [5, 5.41) is 3.69. The van der Waals surface area contributed by atoms with E-state index in [0.29, 0.717) is 12.1 Å². The van der Waals surface area contributed by atoms with Crippen molar-refractivity contribution in [3.63, 3.8) is 0 Å². The number of ether oxygens (including phenoxy) is 3. The Balaban J connectivity index is 1.33. The number of rotatable bonds is 5. The first kappa shape index (κ1) is 15.7. The summed E-state index contributed by atoms with van der Waals surface area (Å²) >= 11 is 0. The van der Waals surface area contributed by atoms with E-state index in [1.54, 1.807) is 0 Å². The van der Waals surface area contributed by atoms with E-state index in [0.717, 1.165) is 58.7 Å². The second-order valence-corrected chi connectivity index (χ2v) is 6.92. The fourth-order valence-corrected chi connectivity index (χ4v) is 4.01. The molecule has 2 saturated heterocycles. The van der Waals surface area contributed by atoms with Gasteiger partial charge in [-0.3, -0.25) is 0 Å². The Morgan fingerprint density at radius 2 is 1.81 bits per heavy atom. The highest BCUT2D eigenvalue weighted by Gasteiger charge is 2.38. The van der Waals surface area contributed by atoms with E-state index < -0.39 is 0 Å². The monoisotopic (exact) mass is 297 g/mol. The summed E-state index contributed by atoms with van der Waals surface area (Å²) in [7, 11) is 0. The maximum atomic E-state index is 6.09. The Kier molecular flexibility index (Phi) is 5.92. The van der Waals surface area contributed by atoms with Crippen molar-refractivity contribution in [2.45, 2.75) is 75.5 Å². The predicted molar refractivity (Wildman–Crippen MR) is 82.6 cm³/mol. The van der Waals surface area contributed by atoms with Gasteiger partial charge in [0.25, 0.3) is 0 Å². The summed E-state index contributed by atoms with van der Waals surface area (Å²) in [4.78, 5) is 0. The molecule has 122 valence electrons. The van der Waals surface area contributed by atoms with E-state index in [9.17, 15) is 0 Å². The van der Waals surface area contributed by atoms with Crippen molar-refractivity contribution >= 4 is 0 Å². The SMILES string of the molecule is C1CCC(OCCNC2CCOC3(CCOCC3)C2)CC1. The van der Waals surface area contributed by atoms with Gasteiger partial charge in [0, 0.05) is 32.4 Å². The molecule has 1 spiro atoms. The van der Waals surface area contributed by atoms with Gasteiger partial charge in [0.05, 0.1) is 18.3 Å². The largest absolute Gasteiger partial charge is 0.381 e. The first-order valence-electron chi connectivity index (χ1n) is 8.93. The number of nitrogens with one attached hydrogen (secondary N) is 1. The van der Waals surface area contributed by atoms with Crippen LogP contribution < -0.4 is 5.32 Å². The van der Waals surface area contributed by atoms with Crippen LogP contribution >= 0.6 is 0 Å². The van der Waals surface area contributed by atoms with Gasteiger partial charge in [-0.1, -0.05) is 19.3 Å². The summed E-state index contributed by atoms with van der Waals surface area (Å²) in [5.74, 6) is 0. The average molecular weight is 297 g/mol. The van der Waals surface area contributed by atoms with E-state index in [2.05, 4.69) is 5.32 Å². The molecular weight excluding hydrogens is 266 g/mol. The van der Waals surface area contributed by atoms with Gasteiger partial charge in [-0.05, 0) is 38.5 Å². The molecule has 0 bridgehead atoms. The van der Waals surface area contributed by atoms with Crippen LogP contribution in [0, 0.1) is 0 Å². The molecule has 0 aromatic rings. The molecule has 0 amide bonds. The lowest BCUT2D eigenvalue weighted by Crippen LogP contribution is -2.50. The lowest BCUT2D eigenvalue weighted by Gasteiger charge is -2.43. The fourth-order valence-electron chi connectivity index (χ4n) is 4.01. The topological polar surface area (TPSA) is 39.7 Å². The van der Waals surface area contributed by atoms with E-state index in [1.165, 1.54) is 32.1 Å². The molecule has 4 nitrogen and oxygen atoms in total. The number of hydrogen-bond acceptors (Lipinski definition) is 4. The zero-order valence-electron chi connectivity index (χ0n) is 13.3. The van der Waals surface area contributed by atoms with Crippen LogP contribution in [0.4, 0.5) is 0 Å². The summed E-state index contributed by atoms with van der Waals surface area (Å²) in [6, 6.07) is 0.590. The minimum absolute atomic E-state index is 0.0956. The third-order valence-corrected chi connectivity index (χ3v) is 5.34. The Labute approximate surface area is 128 Å². The van der Waals surface area contributed by atoms with Crippen LogP contribution in [-0.4, -0.2) is 50.7 Å². The van der Waals surface area contributed by atoms with Crippen LogP contribution in [0.1, 0.15) is 57.8 Å². The van der Waals surface area contributed by atoms with Crippen molar-refractivity contribution in [1.29, 1.82) is 0 Å². The molecular formula is C17H31NO3. The number of hydrogen-bond donors (Lipinski definition) is 1. The highest BCUT2D eigenvalue weighted by molar-refractivity contribution is 4.91. The third kappa shape index (κ3) is 4.65. The first-order valence-corrected chi connectivity index (χ1v) is 8.93. The van der Waals surface area contributed by atoms with Crippen molar-refractivity contribution in [3.8, 4) is 0 Å². The second-order valence-electron chi connectivity index (χ2n) is 6.92. The highest BCUT2D eigenvalue weighted by Crippen LogP contribution is 2.34. The van der Waals surface area contributed by atoms with E-state index in [4.69, 9.17) is 14.2 Å². The maximum absolute atomic E-state index is 6.09. The normalized spacial score (nSPS) is 30.6. The van der Waals surface area contributed by atoms with Crippen molar-refractivity contribution in [2.24, 2.45) is 0 Å². The van der Waals surface area contributed by atoms with Crippen molar-refractivity contribution in [1.82, 2.24) is 5.32 Å². The fraction of sp³-hybridized carbons (Fsp3) is 1.00. The predicted octanol–water partition coefficient (Wildman–Crippen LogP) is 2.65. The molecule has 2 heterocycles. The molecule has 1 saturated carbocycles. The molecule has 1 atom stereocenters. The molecule has 1 unspecified atom stereocenters. The Morgan fingerprint density at radius 3 is 2.62 bits per heavy atom. The molecule has 3 rings (SSSR count). The lowest BCUT2D eigenvalue weighted by atomic mass is 9.84. The molecule has 2 aliphatic heterocycles. The van der Waals surface area contributed by atoms with Gasteiger partial charge in [-0.2, -0.15) is 0 Å². The molecule has 0 radical (unpaired) electrons. The quantitative estimate of drug-likeness (QED) is 0.792. The molecule has 3 aliphatic rings. The lowest BCUT2D eigenvalue weighted by molar-refractivity contribution is -0.140. The standard InChI is InChI=1S/C17H31NO3/c1-2-4-16(5-3-1)20-13-9-18-15-6-10-21-17(14-15)7-11-19-12-8-17/h15-16,18H,1-14H2. The van der Waals surface area contributed by atoms with E-state index in [-0.39, 0.29) is 5.60 Å². The summed E-state index contributed by atoms with van der Waals surface area (Å²) in [6.07, 6.45) is 11.5. The first-order chi connectivity index (χ1) is 10.4. The molecule has 1 aliphatic carbocycles. The Hall–Kier alpha value is -0.160. The van der Waals surface area contributed by atoms with Crippen LogP contribution in [0.15, 0.2) is 0 Å². The van der Waals surface area contributed by atoms with Crippen LogP contribution in [0.25, 0.3) is 0 Å². The summed E-state index contributed by atoms with van der Waals surface area (Å²) < 4.78 is 17.6. The van der Waals surface area contributed by atoms with Crippen molar-refractivity contribution in [3.05, 3.63) is 0 Å². The zero-order valence-corrected chi connectivity index (χ0v) is 13.3. The second kappa shape index (κ2) is 7.91. The molecule has 4 heteroatoms. The molecule has 3 fully saturated rings. The maximum Gasteiger partial charge on any atom is 0.0741 e. The van der Waals surface area contributed by atoms with Crippen LogP contribution in [0.3, 0.4) is 0 Å².